The van der Waals surface area contributed by atoms with Crippen molar-refractivity contribution in [2.45, 2.75) is 18.6 Å². The Bertz CT molecular complexity index is 1090. The summed E-state index contributed by atoms with van der Waals surface area (Å²) in [5.74, 6) is 2.20. The number of nitrogens with one attached hydrogen (secondary N) is 1. The molecule has 3 rings (SSSR count). The molecule has 1 N–H and O–H groups in total. The van der Waals surface area contributed by atoms with Crippen LogP contribution in [0.4, 0.5) is 5.69 Å². The van der Waals surface area contributed by atoms with Crippen molar-refractivity contribution >= 4 is 23.4 Å². The van der Waals surface area contributed by atoms with E-state index >= 15 is 0 Å². The average Bonchev–Trinajstić information content (AvgIpc) is 3.19. The van der Waals surface area contributed by atoms with E-state index in [1.165, 1.54) is 11.8 Å². The number of thioether (sulfide) groups is 1. The Balaban J connectivity index is 1.84. The van der Waals surface area contributed by atoms with Crippen LogP contribution in [0.15, 0.2) is 54.2 Å². The highest BCUT2D eigenvalue weighted by Crippen LogP contribution is 2.41. The zero-order valence-corrected chi connectivity index (χ0v) is 19.4. The molecule has 8 nitrogen and oxygen atoms in total. The van der Waals surface area contributed by atoms with Gasteiger partial charge in [-0.05, 0) is 36.8 Å². The molecule has 3 aromatic rings. The number of ether oxygens (including phenoxy) is 3. The quantitative estimate of drug-likeness (QED) is 0.363. The van der Waals surface area contributed by atoms with Gasteiger partial charge >= 0.3 is 0 Å². The van der Waals surface area contributed by atoms with Crippen LogP contribution < -0.4 is 19.5 Å². The number of benzene rings is 2. The zero-order valence-electron chi connectivity index (χ0n) is 18.5. The monoisotopic (exact) mass is 454 g/mol. The van der Waals surface area contributed by atoms with E-state index < -0.39 is 0 Å². The van der Waals surface area contributed by atoms with E-state index in [4.69, 9.17) is 14.2 Å². The van der Waals surface area contributed by atoms with Gasteiger partial charge in [0.15, 0.2) is 22.5 Å². The molecule has 0 aliphatic heterocycles. The molecular weight excluding hydrogens is 428 g/mol. The Hall–Kier alpha value is -3.46. The number of rotatable bonds is 10. The van der Waals surface area contributed by atoms with Crippen LogP contribution >= 0.6 is 11.8 Å². The minimum atomic E-state index is -0.122. The van der Waals surface area contributed by atoms with Gasteiger partial charge in [-0.15, -0.1) is 16.8 Å². The van der Waals surface area contributed by atoms with Crippen LogP contribution in [0.25, 0.3) is 11.4 Å². The first-order valence-corrected chi connectivity index (χ1v) is 10.8. The summed E-state index contributed by atoms with van der Waals surface area (Å²) in [6.07, 6.45) is 1.75. The fourth-order valence-corrected chi connectivity index (χ4v) is 3.91. The van der Waals surface area contributed by atoms with Crippen molar-refractivity contribution in [2.24, 2.45) is 0 Å². The zero-order chi connectivity index (χ0) is 23.1. The molecule has 0 unspecified atom stereocenters. The molecule has 0 aliphatic rings. The predicted octanol–water partition coefficient (Wildman–Crippen LogP) is 4.20. The maximum Gasteiger partial charge on any atom is 0.234 e. The van der Waals surface area contributed by atoms with E-state index in [2.05, 4.69) is 22.1 Å². The third kappa shape index (κ3) is 5.23. The van der Waals surface area contributed by atoms with Crippen molar-refractivity contribution in [3.8, 4) is 28.6 Å². The number of allylic oxidation sites excluding steroid dienone is 1. The number of aryl methyl sites for hydroxylation is 1. The summed E-state index contributed by atoms with van der Waals surface area (Å²) in [6, 6.07) is 11.3. The number of hydrogen-bond acceptors (Lipinski definition) is 7. The molecule has 0 atom stereocenters. The molecular formula is C23H26N4O4S. The number of nitrogens with zero attached hydrogens (tertiary/aromatic N) is 3. The summed E-state index contributed by atoms with van der Waals surface area (Å²) in [5.41, 5.74) is 2.59. The lowest BCUT2D eigenvalue weighted by Crippen LogP contribution is -2.14. The minimum Gasteiger partial charge on any atom is -0.493 e. The molecule has 168 valence electrons. The summed E-state index contributed by atoms with van der Waals surface area (Å²) in [7, 11) is 4.67. The second-order valence-corrected chi connectivity index (χ2v) is 7.77. The fourth-order valence-electron chi connectivity index (χ4n) is 3.16. The average molecular weight is 455 g/mol. The molecule has 0 aliphatic carbocycles. The van der Waals surface area contributed by atoms with Crippen molar-refractivity contribution in [1.29, 1.82) is 0 Å². The van der Waals surface area contributed by atoms with Gasteiger partial charge in [0.2, 0.25) is 11.7 Å². The van der Waals surface area contributed by atoms with Gasteiger partial charge in [-0.25, -0.2) is 0 Å². The van der Waals surface area contributed by atoms with Crippen LogP contribution in [0.3, 0.4) is 0 Å². The number of carbonyl (C=O) groups is 1. The van der Waals surface area contributed by atoms with E-state index in [9.17, 15) is 4.79 Å². The third-order valence-corrected chi connectivity index (χ3v) is 5.55. The molecule has 0 spiro atoms. The number of anilines is 1. The van der Waals surface area contributed by atoms with Gasteiger partial charge in [0, 0.05) is 17.8 Å². The smallest absolute Gasteiger partial charge is 0.234 e. The Morgan fingerprint density at radius 1 is 1.12 bits per heavy atom. The number of hydrogen-bond donors (Lipinski definition) is 1. The SMILES string of the molecule is C=CCn1c(SCC(=O)Nc2cccc(C)c2)nnc1-c1cc(OC)c(OC)c(OC)c1. The standard InChI is InChI=1S/C23H26N4O4S/c1-6-10-27-22(16-12-18(29-3)21(31-5)19(13-16)30-4)25-26-23(27)32-14-20(28)24-17-9-7-8-15(2)11-17/h6-9,11-13H,1,10,14H2,2-5H3,(H,24,28). The molecule has 0 bridgehead atoms. The minimum absolute atomic E-state index is 0.122. The third-order valence-electron chi connectivity index (χ3n) is 4.59. The molecule has 0 fully saturated rings. The van der Waals surface area contributed by atoms with E-state index in [-0.39, 0.29) is 11.7 Å². The van der Waals surface area contributed by atoms with Crippen molar-refractivity contribution in [3.05, 3.63) is 54.6 Å². The molecule has 0 saturated heterocycles. The van der Waals surface area contributed by atoms with Gasteiger partial charge < -0.3 is 19.5 Å². The lowest BCUT2D eigenvalue weighted by molar-refractivity contribution is -0.113. The molecule has 2 aromatic carbocycles. The van der Waals surface area contributed by atoms with Crippen LogP contribution in [0.2, 0.25) is 0 Å². The summed E-state index contributed by atoms with van der Waals surface area (Å²) in [5, 5.41) is 12.1. The molecule has 1 heterocycles. The van der Waals surface area contributed by atoms with Gasteiger partial charge in [-0.2, -0.15) is 0 Å². The summed E-state index contributed by atoms with van der Waals surface area (Å²) < 4.78 is 18.2. The predicted molar refractivity (Wildman–Crippen MR) is 126 cm³/mol. The highest BCUT2D eigenvalue weighted by molar-refractivity contribution is 7.99. The van der Waals surface area contributed by atoms with E-state index in [0.717, 1.165) is 16.8 Å². The van der Waals surface area contributed by atoms with Crippen LogP contribution in [-0.4, -0.2) is 47.8 Å². The first-order valence-electron chi connectivity index (χ1n) is 9.84. The summed E-state index contributed by atoms with van der Waals surface area (Å²) in [4.78, 5) is 12.4. The highest BCUT2D eigenvalue weighted by Gasteiger charge is 2.20. The summed E-state index contributed by atoms with van der Waals surface area (Å²) in [6.45, 7) is 6.28. The van der Waals surface area contributed by atoms with Gasteiger partial charge in [0.1, 0.15) is 0 Å². The topological polar surface area (TPSA) is 87.5 Å². The van der Waals surface area contributed by atoms with Crippen LogP contribution in [-0.2, 0) is 11.3 Å². The number of aromatic nitrogens is 3. The Labute approximate surface area is 191 Å². The normalized spacial score (nSPS) is 10.5. The van der Waals surface area contributed by atoms with Crippen LogP contribution in [0.1, 0.15) is 5.56 Å². The van der Waals surface area contributed by atoms with Gasteiger partial charge in [-0.3, -0.25) is 9.36 Å². The Kier molecular flexibility index (Phi) is 7.77. The molecule has 0 saturated carbocycles. The second kappa shape index (κ2) is 10.7. The number of amides is 1. The lowest BCUT2D eigenvalue weighted by Gasteiger charge is -2.14. The van der Waals surface area contributed by atoms with E-state index in [1.807, 2.05) is 47.9 Å². The summed E-state index contributed by atoms with van der Waals surface area (Å²) >= 11 is 1.30. The van der Waals surface area contributed by atoms with Gasteiger partial charge in [-0.1, -0.05) is 30.0 Å². The number of carbonyl (C=O) groups excluding carboxylic acids is 1. The molecule has 0 radical (unpaired) electrons. The first kappa shape index (κ1) is 23.2. The fraction of sp³-hybridized carbons (Fsp3) is 0.261. The second-order valence-electron chi connectivity index (χ2n) is 6.83. The molecule has 9 heteroatoms. The first-order chi connectivity index (χ1) is 15.5. The maximum atomic E-state index is 12.4. The molecule has 1 aromatic heterocycles. The van der Waals surface area contributed by atoms with E-state index in [0.29, 0.717) is 34.8 Å². The van der Waals surface area contributed by atoms with Crippen molar-refractivity contribution in [1.82, 2.24) is 14.8 Å². The van der Waals surface area contributed by atoms with E-state index in [1.54, 1.807) is 27.4 Å². The van der Waals surface area contributed by atoms with Crippen LogP contribution in [0, 0.1) is 6.92 Å². The van der Waals surface area contributed by atoms with Gasteiger partial charge in [0.05, 0.1) is 27.1 Å². The Morgan fingerprint density at radius 2 is 1.84 bits per heavy atom. The maximum absolute atomic E-state index is 12.4. The van der Waals surface area contributed by atoms with Gasteiger partial charge in [0.25, 0.3) is 0 Å². The van der Waals surface area contributed by atoms with Crippen LogP contribution in [0.5, 0.6) is 17.2 Å². The highest BCUT2D eigenvalue weighted by atomic mass is 32.2. The lowest BCUT2D eigenvalue weighted by atomic mass is 10.1. The van der Waals surface area contributed by atoms with Crippen molar-refractivity contribution < 1.29 is 19.0 Å². The number of methoxy groups -OCH3 is 3. The molecule has 1 amide bonds. The largest absolute Gasteiger partial charge is 0.493 e. The molecule has 32 heavy (non-hydrogen) atoms. The Morgan fingerprint density at radius 3 is 2.44 bits per heavy atom. The van der Waals surface area contributed by atoms with Crippen molar-refractivity contribution in [3.63, 3.8) is 0 Å². The van der Waals surface area contributed by atoms with Crippen molar-refractivity contribution in [2.75, 3.05) is 32.4 Å².